The van der Waals surface area contributed by atoms with Gasteiger partial charge >= 0.3 is 0 Å². The van der Waals surface area contributed by atoms with Gasteiger partial charge < -0.3 is 9.80 Å². The van der Waals surface area contributed by atoms with Crippen LogP contribution in [0.25, 0.3) is 17.1 Å². The molecule has 2 fully saturated rings. The van der Waals surface area contributed by atoms with Crippen LogP contribution in [-0.2, 0) is 4.79 Å². The van der Waals surface area contributed by atoms with E-state index in [2.05, 4.69) is 15.4 Å². The molecule has 0 spiro atoms. The monoisotopic (exact) mass is 415 g/mol. The summed E-state index contributed by atoms with van der Waals surface area (Å²) >= 11 is 0. The fraction of sp³-hybridized carbons (Fsp3) is 0.333. The Hall–Kier alpha value is -3.48. The summed E-state index contributed by atoms with van der Waals surface area (Å²) in [6.07, 6.45) is 5.41. The van der Waals surface area contributed by atoms with Gasteiger partial charge in [-0.25, -0.2) is 0 Å². The van der Waals surface area contributed by atoms with Crippen LogP contribution in [0.15, 0.2) is 54.6 Å². The second-order valence-electron chi connectivity index (χ2n) is 8.40. The quantitative estimate of drug-likeness (QED) is 0.667. The number of carbonyl (C=O) groups excluding carboxylic acids is 2. The number of hydrogen-bond acceptors (Lipinski definition) is 4. The normalized spacial score (nSPS) is 21.4. The number of nitrogens with zero attached hydrogens (tertiary/aromatic N) is 4. The van der Waals surface area contributed by atoms with E-state index in [0.29, 0.717) is 22.9 Å². The number of fused-ring (bicyclic) bond motifs is 2. The first-order valence-electron chi connectivity index (χ1n) is 10.8. The molecule has 2 aliphatic heterocycles. The lowest BCUT2D eigenvalue weighted by atomic mass is 9.92. The van der Waals surface area contributed by atoms with Gasteiger partial charge in [-0.3, -0.25) is 9.59 Å². The molecule has 0 bridgehead atoms. The Labute approximate surface area is 180 Å². The molecule has 5 rings (SSSR count). The van der Waals surface area contributed by atoms with Crippen LogP contribution in [0.5, 0.6) is 0 Å². The van der Waals surface area contributed by atoms with Crippen molar-refractivity contribution in [3.05, 3.63) is 65.7 Å². The van der Waals surface area contributed by atoms with Gasteiger partial charge in [-0.1, -0.05) is 30.3 Å². The van der Waals surface area contributed by atoms with E-state index in [1.54, 1.807) is 12.1 Å². The van der Waals surface area contributed by atoms with Gasteiger partial charge in [0, 0.05) is 37.8 Å². The highest BCUT2D eigenvalue weighted by Gasteiger charge is 2.37. The molecule has 1 aromatic heterocycles. The molecule has 3 aromatic rings. The third kappa shape index (κ3) is 4.08. The van der Waals surface area contributed by atoms with E-state index in [1.165, 1.54) is 0 Å². The summed E-state index contributed by atoms with van der Waals surface area (Å²) in [5, 5.41) is 10.7. The molecular formula is C24H25N5O2. The molecular weight excluding hydrogens is 390 g/mol. The van der Waals surface area contributed by atoms with Gasteiger partial charge in [0.05, 0.1) is 0 Å². The number of H-pyrrole nitrogens is 1. The van der Waals surface area contributed by atoms with Crippen molar-refractivity contribution in [2.24, 2.45) is 11.8 Å². The van der Waals surface area contributed by atoms with Crippen molar-refractivity contribution >= 4 is 28.9 Å². The van der Waals surface area contributed by atoms with E-state index < -0.39 is 0 Å². The fourth-order valence-electron chi connectivity index (χ4n) is 4.73. The van der Waals surface area contributed by atoms with Crippen LogP contribution in [-0.4, -0.2) is 63.2 Å². The van der Waals surface area contributed by atoms with E-state index >= 15 is 0 Å². The lowest BCUT2D eigenvalue weighted by Gasteiger charge is -2.21. The third-order valence-corrected chi connectivity index (χ3v) is 6.50. The topological polar surface area (TPSA) is 82.2 Å². The minimum absolute atomic E-state index is 0.0525. The summed E-state index contributed by atoms with van der Waals surface area (Å²) in [5.41, 5.74) is 3.15. The first-order valence-corrected chi connectivity index (χ1v) is 10.8. The van der Waals surface area contributed by atoms with Gasteiger partial charge in [0.1, 0.15) is 11.0 Å². The molecule has 2 atom stereocenters. The SMILES string of the molecule is O=C(/C=C/c1ccccc1)N1CCC2CN(C(=O)c3ccc4n[nH]nc4c3)CC2CC1. The van der Waals surface area contributed by atoms with Crippen LogP contribution in [0.1, 0.15) is 28.8 Å². The predicted octanol–water partition coefficient (Wildman–Crippen LogP) is 2.98. The van der Waals surface area contributed by atoms with Crippen LogP contribution < -0.4 is 0 Å². The summed E-state index contributed by atoms with van der Waals surface area (Å²) in [5.74, 6) is 1.00. The second-order valence-corrected chi connectivity index (χ2v) is 8.40. The Morgan fingerprint density at radius 2 is 1.61 bits per heavy atom. The molecule has 2 saturated heterocycles. The molecule has 158 valence electrons. The van der Waals surface area contributed by atoms with Crippen molar-refractivity contribution in [2.75, 3.05) is 26.2 Å². The van der Waals surface area contributed by atoms with Gasteiger partial charge in [0.2, 0.25) is 5.91 Å². The zero-order chi connectivity index (χ0) is 21.2. The number of hydrogen-bond donors (Lipinski definition) is 1. The van der Waals surface area contributed by atoms with E-state index in [4.69, 9.17) is 0 Å². The number of likely N-dealkylation sites (tertiary alicyclic amines) is 2. The maximum atomic E-state index is 13.0. The molecule has 2 aromatic carbocycles. The number of amides is 2. The Bertz CT molecular complexity index is 1110. The minimum Gasteiger partial charge on any atom is -0.339 e. The summed E-state index contributed by atoms with van der Waals surface area (Å²) in [4.78, 5) is 29.6. The Morgan fingerprint density at radius 3 is 2.35 bits per heavy atom. The number of rotatable bonds is 3. The smallest absolute Gasteiger partial charge is 0.253 e. The first kappa shape index (κ1) is 19.5. The highest BCUT2D eigenvalue weighted by atomic mass is 16.2. The van der Waals surface area contributed by atoms with Gasteiger partial charge in [-0.2, -0.15) is 15.4 Å². The number of aromatic amines is 1. The summed E-state index contributed by atoms with van der Waals surface area (Å²) in [7, 11) is 0. The van der Waals surface area contributed by atoms with E-state index in [-0.39, 0.29) is 11.8 Å². The van der Waals surface area contributed by atoms with Gasteiger partial charge in [-0.15, -0.1) is 0 Å². The maximum Gasteiger partial charge on any atom is 0.253 e. The lowest BCUT2D eigenvalue weighted by Crippen LogP contribution is -2.33. The molecule has 0 radical (unpaired) electrons. The molecule has 1 N–H and O–H groups in total. The molecule has 0 saturated carbocycles. The summed E-state index contributed by atoms with van der Waals surface area (Å²) in [6, 6.07) is 15.3. The Kier molecular flexibility index (Phi) is 5.24. The highest BCUT2D eigenvalue weighted by Crippen LogP contribution is 2.33. The highest BCUT2D eigenvalue weighted by molar-refractivity contribution is 5.97. The van der Waals surface area contributed by atoms with Crippen molar-refractivity contribution in [3.8, 4) is 0 Å². The van der Waals surface area contributed by atoms with Gasteiger partial charge in [0.15, 0.2) is 0 Å². The zero-order valence-corrected chi connectivity index (χ0v) is 17.3. The largest absolute Gasteiger partial charge is 0.339 e. The zero-order valence-electron chi connectivity index (χ0n) is 17.3. The maximum absolute atomic E-state index is 13.0. The second kappa shape index (κ2) is 8.34. The van der Waals surface area contributed by atoms with Crippen LogP contribution in [0, 0.1) is 11.8 Å². The fourth-order valence-corrected chi connectivity index (χ4v) is 4.73. The molecule has 7 nitrogen and oxygen atoms in total. The molecule has 3 heterocycles. The Morgan fingerprint density at radius 1 is 0.903 bits per heavy atom. The summed E-state index contributed by atoms with van der Waals surface area (Å²) < 4.78 is 0. The number of carbonyl (C=O) groups is 2. The van der Waals surface area contributed by atoms with Crippen LogP contribution in [0.3, 0.4) is 0 Å². The van der Waals surface area contributed by atoms with Crippen LogP contribution in [0.4, 0.5) is 0 Å². The third-order valence-electron chi connectivity index (χ3n) is 6.50. The average Bonchev–Trinajstić information content (AvgIpc) is 3.39. The molecule has 7 heteroatoms. The summed E-state index contributed by atoms with van der Waals surface area (Å²) in [6.45, 7) is 2.99. The van der Waals surface area contributed by atoms with Gasteiger partial charge in [-0.05, 0) is 54.5 Å². The molecule has 31 heavy (non-hydrogen) atoms. The van der Waals surface area contributed by atoms with Crippen molar-refractivity contribution in [3.63, 3.8) is 0 Å². The van der Waals surface area contributed by atoms with E-state index in [0.717, 1.165) is 50.1 Å². The van der Waals surface area contributed by atoms with Crippen LogP contribution >= 0.6 is 0 Å². The number of aromatic nitrogens is 3. The number of nitrogens with one attached hydrogen (secondary N) is 1. The molecule has 2 unspecified atom stereocenters. The van der Waals surface area contributed by atoms with E-state index in [9.17, 15) is 9.59 Å². The average molecular weight is 415 g/mol. The standard InChI is InChI=1S/C24H25N5O2/c30-23(9-6-17-4-2-1-3-5-17)28-12-10-19-15-29(16-20(19)11-13-28)24(31)18-7-8-21-22(14-18)26-27-25-21/h1-9,14,19-20H,10-13,15-16H2,(H,25,26,27)/b9-6+. The van der Waals surface area contributed by atoms with Crippen molar-refractivity contribution in [1.82, 2.24) is 25.2 Å². The predicted molar refractivity (Wildman–Crippen MR) is 118 cm³/mol. The van der Waals surface area contributed by atoms with Crippen LogP contribution in [0.2, 0.25) is 0 Å². The molecule has 2 amide bonds. The first-order chi connectivity index (χ1) is 15.2. The van der Waals surface area contributed by atoms with Crippen molar-refractivity contribution < 1.29 is 9.59 Å². The van der Waals surface area contributed by atoms with Gasteiger partial charge in [0.25, 0.3) is 5.91 Å². The van der Waals surface area contributed by atoms with Crippen molar-refractivity contribution in [1.29, 1.82) is 0 Å². The lowest BCUT2D eigenvalue weighted by molar-refractivity contribution is -0.126. The Balaban J connectivity index is 1.19. The van der Waals surface area contributed by atoms with Crippen molar-refractivity contribution in [2.45, 2.75) is 12.8 Å². The molecule has 2 aliphatic rings. The minimum atomic E-state index is 0.0525. The molecule has 0 aliphatic carbocycles. The van der Waals surface area contributed by atoms with E-state index in [1.807, 2.05) is 58.3 Å². The number of benzene rings is 2.